The van der Waals surface area contributed by atoms with E-state index in [4.69, 9.17) is 11.6 Å². The van der Waals surface area contributed by atoms with Gasteiger partial charge in [-0.25, -0.2) is 0 Å². The summed E-state index contributed by atoms with van der Waals surface area (Å²) in [5, 5.41) is 12.8. The van der Waals surface area contributed by atoms with Crippen molar-refractivity contribution in [3.63, 3.8) is 0 Å². The topological polar surface area (TPSA) is 60.7 Å². The zero-order valence-corrected chi connectivity index (χ0v) is 12.2. The van der Waals surface area contributed by atoms with Gasteiger partial charge in [0.1, 0.15) is 5.54 Å². The molecule has 5 nitrogen and oxygen atoms in total. The van der Waals surface area contributed by atoms with E-state index in [1.807, 2.05) is 24.6 Å². The number of hydrogen-bond acceptors (Lipinski definition) is 4. The third-order valence-corrected chi connectivity index (χ3v) is 3.98. The molecule has 0 amide bonds. The number of ketones is 1. The SMILES string of the molecule is CC(C)(c1ccc(Cl)nn1)n1ncc2c1CCCC2=O. The molecule has 1 aliphatic carbocycles. The molecular weight excluding hydrogens is 276 g/mol. The Morgan fingerprint density at radius 3 is 2.75 bits per heavy atom. The van der Waals surface area contributed by atoms with Crippen LogP contribution >= 0.6 is 11.6 Å². The molecule has 2 heterocycles. The highest BCUT2D eigenvalue weighted by Crippen LogP contribution is 2.29. The van der Waals surface area contributed by atoms with E-state index in [9.17, 15) is 4.79 Å². The van der Waals surface area contributed by atoms with Gasteiger partial charge in [0.05, 0.1) is 23.1 Å². The summed E-state index contributed by atoms with van der Waals surface area (Å²) in [7, 11) is 0. The van der Waals surface area contributed by atoms with Crippen LogP contribution in [0.3, 0.4) is 0 Å². The molecule has 0 unspecified atom stereocenters. The smallest absolute Gasteiger partial charge is 0.166 e. The molecule has 0 saturated heterocycles. The van der Waals surface area contributed by atoms with Crippen molar-refractivity contribution in [1.82, 2.24) is 20.0 Å². The van der Waals surface area contributed by atoms with Gasteiger partial charge in [-0.3, -0.25) is 9.48 Å². The van der Waals surface area contributed by atoms with Crippen molar-refractivity contribution in [2.24, 2.45) is 0 Å². The zero-order valence-electron chi connectivity index (χ0n) is 11.4. The molecule has 6 heteroatoms. The largest absolute Gasteiger partial charge is 0.294 e. The Morgan fingerprint density at radius 2 is 2.05 bits per heavy atom. The molecule has 0 saturated carbocycles. The lowest BCUT2D eigenvalue weighted by atomic mass is 9.94. The van der Waals surface area contributed by atoms with E-state index in [2.05, 4.69) is 15.3 Å². The summed E-state index contributed by atoms with van der Waals surface area (Å²) in [6.45, 7) is 4.02. The molecule has 20 heavy (non-hydrogen) atoms. The highest BCUT2D eigenvalue weighted by molar-refractivity contribution is 6.29. The van der Waals surface area contributed by atoms with Gasteiger partial charge in [-0.2, -0.15) is 10.2 Å². The normalized spacial score (nSPS) is 15.2. The Morgan fingerprint density at radius 1 is 1.25 bits per heavy atom. The maximum atomic E-state index is 11.9. The van der Waals surface area contributed by atoms with Crippen molar-refractivity contribution >= 4 is 17.4 Å². The molecule has 0 atom stereocenters. The molecule has 0 aliphatic heterocycles. The zero-order chi connectivity index (χ0) is 14.3. The molecule has 0 bridgehead atoms. The molecule has 0 spiro atoms. The Hall–Kier alpha value is -1.75. The molecule has 0 N–H and O–H groups in total. The van der Waals surface area contributed by atoms with Crippen LogP contribution in [0.2, 0.25) is 5.15 Å². The van der Waals surface area contributed by atoms with Gasteiger partial charge in [0.25, 0.3) is 0 Å². The van der Waals surface area contributed by atoms with Crippen molar-refractivity contribution in [3.05, 3.63) is 40.4 Å². The maximum Gasteiger partial charge on any atom is 0.166 e. The molecule has 2 aromatic rings. The fourth-order valence-corrected chi connectivity index (χ4v) is 2.73. The van der Waals surface area contributed by atoms with Crippen LogP contribution in [0.5, 0.6) is 0 Å². The lowest BCUT2D eigenvalue weighted by Gasteiger charge is -2.27. The number of nitrogens with zero attached hydrogens (tertiary/aromatic N) is 4. The maximum absolute atomic E-state index is 11.9. The highest BCUT2D eigenvalue weighted by Gasteiger charge is 2.32. The number of carbonyl (C=O) groups excluding carboxylic acids is 1. The molecule has 3 rings (SSSR count). The second-order valence-corrected chi connectivity index (χ2v) is 5.88. The Kier molecular flexibility index (Phi) is 3.09. The van der Waals surface area contributed by atoms with Gasteiger partial charge >= 0.3 is 0 Å². The number of Topliss-reactive ketones (excluding diaryl/α,β-unsaturated/α-hetero) is 1. The van der Waals surface area contributed by atoms with E-state index in [0.29, 0.717) is 11.6 Å². The second-order valence-electron chi connectivity index (χ2n) is 5.49. The Bertz CT molecular complexity index is 660. The van der Waals surface area contributed by atoms with Gasteiger partial charge in [-0.1, -0.05) is 11.6 Å². The lowest BCUT2D eigenvalue weighted by Crippen LogP contribution is -2.32. The fourth-order valence-electron chi connectivity index (χ4n) is 2.63. The molecule has 104 valence electrons. The first-order chi connectivity index (χ1) is 9.50. The average Bonchev–Trinajstić information content (AvgIpc) is 2.85. The fraction of sp³-hybridized carbons (Fsp3) is 0.429. The van der Waals surface area contributed by atoms with E-state index in [-0.39, 0.29) is 5.78 Å². The predicted octanol–water partition coefficient (Wildman–Crippen LogP) is 2.63. The van der Waals surface area contributed by atoms with Crippen LogP contribution in [-0.2, 0) is 12.0 Å². The molecule has 1 aliphatic rings. The summed E-state index contributed by atoms with van der Waals surface area (Å²) in [5.41, 5.74) is 2.03. The van der Waals surface area contributed by atoms with Crippen molar-refractivity contribution in [3.8, 4) is 0 Å². The number of carbonyl (C=O) groups is 1. The number of rotatable bonds is 2. The molecular formula is C14H15ClN4O. The van der Waals surface area contributed by atoms with Crippen molar-refractivity contribution in [1.29, 1.82) is 0 Å². The minimum atomic E-state index is -0.469. The summed E-state index contributed by atoms with van der Waals surface area (Å²) in [6, 6.07) is 3.56. The summed E-state index contributed by atoms with van der Waals surface area (Å²) in [4.78, 5) is 11.9. The number of hydrogen-bond donors (Lipinski definition) is 0. The summed E-state index contributed by atoms with van der Waals surface area (Å²) >= 11 is 5.78. The van der Waals surface area contributed by atoms with Crippen LogP contribution in [0, 0.1) is 0 Å². The minimum absolute atomic E-state index is 0.176. The van der Waals surface area contributed by atoms with Crippen LogP contribution in [-0.4, -0.2) is 25.8 Å². The van der Waals surface area contributed by atoms with Crippen LogP contribution in [0.15, 0.2) is 18.3 Å². The average molecular weight is 291 g/mol. The van der Waals surface area contributed by atoms with E-state index in [0.717, 1.165) is 29.8 Å². The van der Waals surface area contributed by atoms with Gasteiger partial charge in [0.2, 0.25) is 0 Å². The lowest BCUT2D eigenvalue weighted by molar-refractivity contribution is 0.0971. The van der Waals surface area contributed by atoms with E-state index < -0.39 is 5.54 Å². The standard InChI is InChI=1S/C14H15ClN4O/c1-14(2,12-6-7-13(15)18-17-12)19-10-4-3-5-11(20)9(10)8-16-19/h6-8H,3-5H2,1-2H3. The molecule has 2 aromatic heterocycles. The summed E-state index contributed by atoms with van der Waals surface area (Å²) < 4.78 is 1.89. The van der Waals surface area contributed by atoms with Crippen molar-refractivity contribution < 1.29 is 4.79 Å². The number of aromatic nitrogens is 4. The number of fused-ring (bicyclic) bond motifs is 1. The first-order valence-electron chi connectivity index (χ1n) is 6.60. The second kappa shape index (κ2) is 4.66. The van der Waals surface area contributed by atoms with E-state index >= 15 is 0 Å². The monoisotopic (exact) mass is 290 g/mol. The summed E-state index contributed by atoms with van der Waals surface area (Å²) in [5.74, 6) is 0.176. The quantitative estimate of drug-likeness (QED) is 0.853. The van der Waals surface area contributed by atoms with Gasteiger partial charge in [0.15, 0.2) is 10.9 Å². The molecule has 0 radical (unpaired) electrons. The van der Waals surface area contributed by atoms with Crippen molar-refractivity contribution in [2.45, 2.75) is 38.6 Å². The predicted molar refractivity (Wildman–Crippen MR) is 75.0 cm³/mol. The van der Waals surface area contributed by atoms with Gasteiger partial charge in [-0.15, -0.1) is 5.10 Å². The summed E-state index contributed by atoms with van der Waals surface area (Å²) in [6.07, 6.45) is 4.02. The molecule has 0 aromatic carbocycles. The van der Waals surface area contributed by atoms with Crippen LogP contribution in [0.4, 0.5) is 0 Å². The minimum Gasteiger partial charge on any atom is -0.294 e. The van der Waals surface area contributed by atoms with Crippen LogP contribution < -0.4 is 0 Å². The first kappa shape index (κ1) is 13.2. The van der Waals surface area contributed by atoms with E-state index in [1.54, 1.807) is 12.3 Å². The Balaban J connectivity index is 2.08. The number of halogens is 1. The van der Waals surface area contributed by atoms with Crippen molar-refractivity contribution in [2.75, 3.05) is 0 Å². The first-order valence-corrected chi connectivity index (χ1v) is 6.98. The van der Waals surface area contributed by atoms with Gasteiger partial charge < -0.3 is 0 Å². The van der Waals surface area contributed by atoms with E-state index in [1.165, 1.54) is 0 Å². The highest BCUT2D eigenvalue weighted by atomic mass is 35.5. The molecule has 0 fully saturated rings. The van der Waals surface area contributed by atoms with Gasteiger partial charge in [-0.05, 0) is 38.8 Å². The van der Waals surface area contributed by atoms with Gasteiger partial charge in [0, 0.05) is 6.42 Å². The third-order valence-electron chi connectivity index (χ3n) is 3.78. The van der Waals surface area contributed by atoms with Crippen LogP contribution in [0.1, 0.15) is 48.4 Å². The van der Waals surface area contributed by atoms with Crippen LogP contribution in [0.25, 0.3) is 0 Å². The third kappa shape index (κ3) is 2.02. The Labute approximate surface area is 122 Å².